The molecule has 1 saturated heterocycles. The maximum Gasteiger partial charge on any atom is 0.335 e. The van der Waals surface area contributed by atoms with E-state index < -0.39 is 5.97 Å². The first kappa shape index (κ1) is 14.2. The minimum absolute atomic E-state index is 0.217. The van der Waals surface area contributed by atoms with Gasteiger partial charge in [-0.15, -0.1) is 0 Å². The lowest BCUT2D eigenvalue weighted by Gasteiger charge is -2.33. The van der Waals surface area contributed by atoms with Crippen LogP contribution in [0.3, 0.4) is 0 Å². The van der Waals surface area contributed by atoms with Crippen molar-refractivity contribution in [3.63, 3.8) is 0 Å². The molecule has 1 fully saturated rings. The molecule has 0 spiro atoms. The van der Waals surface area contributed by atoms with E-state index in [0.29, 0.717) is 11.1 Å². The van der Waals surface area contributed by atoms with E-state index >= 15 is 0 Å². The van der Waals surface area contributed by atoms with E-state index in [9.17, 15) is 4.79 Å². The van der Waals surface area contributed by atoms with E-state index in [4.69, 9.17) is 16.7 Å². The Morgan fingerprint density at radius 2 is 2.37 bits per heavy atom. The Morgan fingerprint density at radius 3 is 3.00 bits per heavy atom. The molecule has 0 aliphatic carbocycles. The van der Waals surface area contributed by atoms with Gasteiger partial charge in [0, 0.05) is 12.6 Å². The lowest BCUT2D eigenvalue weighted by molar-refractivity contribution is 0.0697. The van der Waals surface area contributed by atoms with E-state index in [1.54, 1.807) is 12.1 Å². The number of benzene rings is 1. The van der Waals surface area contributed by atoms with Crippen LogP contribution in [0.2, 0.25) is 5.02 Å². The normalized spacial score (nSPS) is 20.2. The molecule has 0 bridgehead atoms. The summed E-state index contributed by atoms with van der Waals surface area (Å²) in [6.45, 7) is 5.38. The van der Waals surface area contributed by atoms with Crippen LogP contribution >= 0.6 is 11.6 Å². The van der Waals surface area contributed by atoms with Crippen LogP contribution in [0, 0.1) is 0 Å². The number of rotatable bonds is 4. The molecule has 0 amide bonds. The van der Waals surface area contributed by atoms with Crippen LogP contribution in [0.5, 0.6) is 0 Å². The third-order valence-corrected chi connectivity index (χ3v) is 3.84. The molecule has 19 heavy (non-hydrogen) atoms. The van der Waals surface area contributed by atoms with Gasteiger partial charge in [0.05, 0.1) is 16.3 Å². The van der Waals surface area contributed by atoms with Gasteiger partial charge in [-0.1, -0.05) is 18.5 Å². The van der Waals surface area contributed by atoms with Crippen LogP contribution in [0.1, 0.15) is 30.1 Å². The van der Waals surface area contributed by atoms with E-state index in [1.165, 1.54) is 12.5 Å². The Hall–Kier alpha value is -1.26. The van der Waals surface area contributed by atoms with Crippen LogP contribution in [0.4, 0.5) is 5.69 Å². The number of likely N-dealkylation sites (tertiary alicyclic amines) is 1. The lowest BCUT2D eigenvalue weighted by atomic mass is 10.1. The van der Waals surface area contributed by atoms with Gasteiger partial charge in [0.1, 0.15) is 0 Å². The zero-order valence-electron chi connectivity index (χ0n) is 11.0. The average Bonchev–Trinajstić information content (AvgIpc) is 2.41. The number of aromatic carboxylic acids is 1. The zero-order chi connectivity index (χ0) is 13.8. The van der Waals surface area contributed by atoms with Gasteiger partial charge >= 0.3 is 5.97 Å². The van der Waals surface area contributed by atoms with Crippen molar-refractivity contribution in [1.82, 2.24) is 4.90 Å². The molecule has 0 saturated carbocycles. The highest BCUT2D eigenvalue weighted by atomic mass is 35.5. The molecule has 4 nitrogen and oxygen atoms in total. The summed E-state index contributed by atoms with van der Waals surface area (Å²) in [5.74, 6) is -0.955. The van der Waals surface area contributed by atoms with Crippen molar-refractivity contribution in [2.45, 2.75) is 25.8 Å². The van der Waals surface area contributed by atoms with E-state index in [2.05, 4.69) is 17.1 Å². The molecule has 104 valence electrons. The topological polar surface area (TPSA) is 52.6 Å². The van der Waals surface area contributed by atoms with Crippen molar-refractivity contribution in [2.75, 3.05) is 25.0 Å². The molecule has 1 unspecified atom stereocenters. The number of nitrogens with zero attached hydrogens (tertiary/aromatic N) is 1. The van der Waals surface area contributed by atoms with Gasteiger partial charge < -0.3 is 15.3 Å². The van der Waals surface area contributed by atoms with Gasteiger partial charge in [0.2, 0.25) is 0 Å². The fourth-order valence-corrected chi connectivity index (χ4v) is 2.68. The summed E-state index contributed by atoms with van der Waals surface area (Å²) < 4.78 is 0. The predicted molar refractivity (Wildman–Crippen MR) is 77.2 cm³/mol. The summed E-state index contributed by atoms with van der Waals surface area (Å²) in [7, 11) is 0. The van der Waals surface area contributed by atoms with Crippen LogP contribution in [-0.2, 0) is 0 Å². The number of nitrogens with one attached hydrogen (secondary N) is 1. The number of carbonyl (C=O) groups is 1. The van der Waals surface area contributed by atoms with Crippen molar-refractivity contribution in [2.24, 2.45) is 0 Å². The third-order valence-electron chi connectivity index (χ3n) is 3.53. The Kier molecular flexibility index (Phi) is 4.66. The Balaban J connectivity index is 2.04. The third kappa shape index (κ3) is 3.61. The van der Waals surface area contributed by atoms with Crippen LogP contribution < -0.4 is 5.32 Å². The second-order valence-electron chi connectivity index (χ2n) is 4.88. The molecule has 0 aromatic heterocycles. The Labute approximate surface area is 118 Å². The molecule has 1 aromatic carbocycles. The van der Waals surface area contributed by atoms with Crippen molar-refractivity contribution in [1.29, 1.82) is 0 Å². The van der Waals surface area contributed by atoms with Gasteiger partial charge in [-0.2, -0.15) is 0 Å². The highest BCUT2D eigenvalue weighted by Crippen LogP contribution is 2.25. The van der Waals surface area contributed by atoms with Crippen molar-refractivity contribution >= 4 is 23.3 Å². The summed E-state index contributed by atoms with van der Waals surface area (Å²) in [5.41, 5.74) is 1.03. The zero-order valence-corrected chi connectivity index (χ0v) is 11.8. The highest BCUT2D eigenvalue weighted by Gasteiger charge is 2.19. The van der Waals surface area contributed by atoms with E-state index in [0.717, 1.165) is 31.7 Å². The SMILES string of the molecule is CCN1CCCC(Nc2ccc(C(=O)O)cc2Cl)C1. The number of hydrogen-bond donors (Lipinski definition) is 2. The number of hydrogen-bond acceptors (Lipinski definition) is 3. The van der Waals surface area contributed by atoms with Crippen molar-refractivity contribution < 1.29 is 9.90 Å². The maximum absolute atomic E-state index is 10.9. The fourth-order valence-electron chi connectivity index (χ4n) is 2.45. The van der Waals surface area contributed by atoms with Gasteiger partial charge in [-0.3, -0.25) is 0 Å². The first-order valence-corrected chi connectivity index (χ1v) is 6.99. The molecule has 2 rings (SSSR count). The average molecular weight is 283 g/mol. The second kappa shape index (κ2) is 6.26. The highest BCUT2D eigenvalue weighted by molar-refractivity contribution is 6.33. The Morgan fingerprint density at radius 1 is 1.58 bits per heavy atom. The summed E-state index contributed by atoms with van der Waals surface area (Å²) in [6.07, 6.45) is 2.30. The quantitative estimate of drug-likeness (QED) is 0.891. The number of carboxylic acid groups (broad SMARTS) is 1. The molecular formula is C14H19ClN2O2. The van der Waals surface area contributed by atoms with Crippen molar-refractivity contribution in [3.8, 4) is 0 Å². The number of carboxylic acids is 1. The molecule has 5 heteroatoms. The number of piperidine rings is 1. The van der Waals surface area contributed by atoms with E-state index in [-0.39, 0.29) is 5.56 Å². The van der Waals surface area contributed by atoms with Gasteiger partial charge in [0.15, 0.2) is 0 Å². The monoisotopic (exact) mass is 282 g/mol. The summed E-state index contributed by atoms with van der Waals surface area (Å²) in [6, 6.07) is 5.20. The fraction of sp³-hybridized carbons (Fsp3) is 0.500. The second-order valence-corrected chi connectivity index (χ2v) is 5.28. The summed E-state index contributed by atoms with van der Waals surface area (Å²) in [4.78, 5) is 13.3. The first-order valence-electron chi connectivity index (χ1n) is 6.62. The molecule has 2 N–H and O–H groups in total. The molecule has 1 aromatic rings. The summed E-state index contributed by atoms with van der Waals surface area (Å²) >= 11 is 6.12. The molecule has 0 radical (unpaired) electrons. The maximum atomic E-state index is 10.9. The standard InChI is InChI=1S/C14H19ClN2O2/c1-2-17-7-3-4-11(9-17)16-13-6-5-10(14(18)19)8-12(13)15/h5-6,8,11,16H,2-4,7,9H2,1H3,(H,18,19). The van der Waals surface area contributed by atoms with Crippen LogP contribution in [-0.4, -0.2) is 41.7 Å². The van der Waals surface area contributed by atoms with Crippen LogP contribution in [0.15, 0.2) is 18.2 Å². The predicted octanol–water partition coefficient (Wildman–Crippen LogP) is 2.93. The molecule has 1 aliphatic heterocycles. The molecular weight excluding hydrogens is 264 g/mol. The largest absolute Gasteiger partial charge is 0.478 e. The smallest absolute Gasteiger partial charge is 0.335 e. The molecule has 1 heterocycles. The van der Waals surface area contributed by atoms with E-state index in [1.807, 2.05) is 0 Å². The lowest BCUT2D eigenvalue weighted by Crippen LogP contribution is -2.41. The number of likely N-dealkylation sites (N-methyl/N-ethyl adjacent to an activating group) is 1. The van der Waals surface area contributed by atoms with Crippen molar-refractivity contribution in [3.05, 3.63) is 28.8 Å². The minimum atomic E-state index is -0.955. The van der Waals surface area contributed by atoms with Gasteiger partial charge in [-0.25, -0.2) is 4.79 Å². The van der Waals surface area contributed by atoms with Gasteiger partial charge in [0.25, 0.3) is 0 Å². The van der Waals surface area contributed by atoms with Gasteiger partial charge in [-0.05, 0) is 44.1 Å². The Bertz CT molecular complexity index is 465. The number of halogens is 1. The summed E-state index contributed by atoms with van der Waals surface area (Å²) in [5, 5.41) is 12.8. The minimum Gasteiger partial charge on any atom is -0.478 e. The molecule has 1 aliphatic rings. The number of anilines is 1. The first-order chi connectivity index (χ1) is 9.10. The molecule has 1 atom stereocenters. The van der Waals surface area contributed by atoms with Crippen LogP contribution in [0.25, 0.3) is 0 Å².